The van der Waals surface area contributed by atoms with Crippen LogP contribution in [0.4, 0.5) is 0 Å². The number of likely N-dealkylation sites (N-methyl/N-ethyl adjacent to an activating group) is 1. The van der Waals surface area contributed by atoms with Crippen LogP contribution >= 0.6 is 11.8 Å². The number of aliphatic imine (C=N–C) groups is 1. The monoisotopic (exact) mass is 447 g/mol. The molecule has 0 radical (unpaired) electrons. The summed E-state index contributed by atoms with van der Waals surface area (Å²) in [7, 11) is 1.92. The lowest BCUT2D eigenvalue weighted by Gasteiger charge is -2.44. The number of thioether (sulfide) groups is 1. The van der Waals surface area contributed by atoms with Crippen LogP contribution in [0, 0.1) is 5.92 Å². The number of carbonyl (C=O) groups excluding carboxylic acids is 1. The van der Waals surface area contributed by atoms with Gasteiger partial charge in [0.15, 0.2) is 5.96 Å². The molecule has 2 saturated heterocycles. The van der Waals surface area contributed by atoms with Crippen LogP contribution in [0.25, 0.3) is 0 Å². The number of rotatable bonds is 8. The molecule has 0 spiro atoms. The molecular weight excluding hydrogens is 410 g/mol. The van der Waals surface area contributed by atoms with E-state index < -0.39 is 41.9 Å². The second kappa shape index (κ2) is 11.0. The zero-order valence-corrected chi connectivity index (χ0v) is 19.0. The van der Waals surface area contributed by atoms with E-state index in [-0.39, 0.29) is 17.9 Å². The lowest BCUT2D eigenvalue weighted by molar-refractivity contribution is -0.206. The molecule has 1 amide bonds. The van der Waals surface area contributed by atoms with E-state index in [2.05, 4.69) is 17.2 Å². The number of aliphatic hydroxyl groups excluding tert-OH is 3. The molecule has 30 heavy (non-hydrogen) atoms. The van der Waals surface area contributed by atoms with E-state index in [4.69, 9.17) is 16.2 Å². The normalized spacial score (nSPS) is 36.8. The fourth-order valence-electron chi connectivity index (χ4n) is 4.45. The van der Waals surface area contributed by atoms with Crippen LogP contribution in [-0.4, -0.2) is 99.9 Å². The molecule has 9 atom stereocenters. The van der Waals surface area contributed by atoms with Crippen molar-refractivity contribution in [3.63, 3.8) is 0 Å². The van der Waals surface area contributed by atoms with Crippen LogP contribution in [0.5, 0.6) is 0 Å². The number of likely N-dealkylation sites (tertiary alicyclic amines) is 1. The number of nitrogens with zero attached hydrogens (tertiary/aromatic N) is 2. The van der Waals surface area contributed by atoms with Gasteiger partial charge in [-0.3, -0.25) is 9.69 Å². The van der Waals surface area contributed by atoms with Crippen molar-refractivity contribution in [2.24, 2.45) is 22.4 Å². The second-order valence-corrected chi connectivity index (χ2v) is 9.29. The molecule has 2 aliphatic heterocycles. The SMILES string of the molecule is CCC[C@@H]1C[C@@H](C(=O)N[C@H]([C@H](C)N=C(N)N)[C@H]2OC(SC)[C@H](O)C(O)C2O)N(C)C1. The number of nitrogens with two attached hydrogens (primary N) is 2. The molecule has 0 bridgehead atoms. The Labute approximate surface area is 182 Å². The van der Waals surface area contributed by atoms with Crippen LogP contribution in [0.2, 0.25) is 0 Å². The molecule has 3 unspecified atom stereocenters. The molecule has 10 nitrogen and oxygen atoms in total. The summed E-state index contributed by atoms with van der Waals surface area (Å²) in [6.07, 6.45) is -0.486. The molecule has 2 rings (SSSR count). The third-order valence-electron chi connectivity index (χ3n) is 6.01. The number of guanidine groups is 1. The van der Waals surface area contributed by atoms with Crippen LogP contribution in [0.15, 0.2) is 4.99 Å². The largest absolute Gasteiger partial charge is 0.388 e. The predicted molar refractivity (Wildman–Crippen MR) is 117 cm³/mol. The first-order valence-corrected chi connectivity index (χ1v) is 11.7. The maximum atomic E-state index is 13.1. The van der Waals surface area contributed by atoms with Crippen LogP contribution in [0.1, 0.15) is 33.1 Å². The molecular formula is C19H37N5O5S. The van der Waals surface area contributed by atoms with E-state index in [0.717, 1.165) is 25.8 Å². The van der Waals surface area contributed by atoms with Crippen molar-refractivity contribution in [1.29, 1.82) is 0 Å². The highest BCUT2D eigenvalue weighted by molar-refractivity contribution is 7.99. The van der Waals surface area contributed by atoms with Gasteiger partial charge >= 0.3 is 0 Å². The summed E-state index contributed by atoms with van der Waals surface area (Å²) in [5.74, 6) is 0.101. The molecule has 0 aromatic heterocycles. The first-order valence-electron chi connectivity index (χ1n) is 10.4. The van der Waals surface area contributed by atoms with Gasteiger partial charge in [0.25, 0.3) is 0 Å². The van der Waals surface area contributed by atoms with Crippen LogP contribution in [-0.2, 0) is 9.53 Å². The summed E-state index contributed by atoms with van der Waals surface area (Å²) in [5, 5.41) is 34.0. The maximum Gasteiger partial charge on any atom is 0.237 e. The molecule has 2 heterocycles. The Bertz CT molecular complexity index is 606. The van der Waals surface area contributed by atoms with E-state index in [1.807, 2.05) is 11.9 Å². The Hall–Kier alpha value is -1.11. The average molecular weight is 448 g/mol. The quantitative estimate of drug-likeness (QED) is 0.190. The van der Waals surface area contributed by atoms with Crippen molar-refractivity contribution < 1.29 is 24.9 Å². The van der Waals surface area contributed by atoms with E-state index in [1.54, 1.807) is 13.2 Å². The highest BCUT2D eigenvalue weighted by Crippen LogP contribution is 2.31. The third kappa shape index (κ3) is 5.77. The summed E-state index contributed by atoms with van der Waals surface area (Å²) < 4.78 is 5.87. The summed E-state index contributed by atoms with van der Waals surface area (Å²) in [4.78, 5) is 19.3. The van der Waals surface area contributed by atoms with Gasteiger partial charge < -0.3 is 36.8 Å². The number of carbonyl (C=O) groups is 1. The smallest absolute Gasteiger partial charge is 0.237 e. The Morgan fingerprint density at radius 3 is 2.53 bits per heavy atom. The molecule has 0 aliphatic carbocycles. The number of ether oxygens (including phenoxy) is 1. The van der Waals surface area contributed by atoms with Gasteiger partial charge in [-0.2, -0.15) is 0 Å². The summed E-state index contributed by atoms with van der Waals surface area (Å²) in [6, 6.07) is -1.73. The van der Waals surface area contributed by atoms with Gasteiger partial charge in [0, 0.05) is 6.54 Å². The minimum absolute atomic E-state index is 0.157. The van der Waals surface area contributed by atoms with E-state index in [1.165, 1.54) is 11.8 Å². The zero-order valence-electron chi connectivity index (χ0n) is 18.1. The van der Waals surface area contributed by atoms with Gasteiger partial charge in [-0.1, -0.05) is 13.3 Å². The van der Waals surface area contributed by atoms with E-state index in [0.29, 0.717) is 5.92 Å². The van der Waals surface area contributed by atoms with Crippen molar-refractivity contribution >= 4 is 23.6 Å². The van der Waals surface area contributed by atoms with Gasteiger partial charge in [-0.25, -0.2) is 4.99 Å². The van der Waals surface area contributed by atoms with Crippen molar-refractivity contribution in [2.45, 2.75) is 81.1 Å². The molecule has 0 saturated carbocycles. The maximum absolute atomic E-state index is 13.1. The highest BCUT2D eigenvalue weighted by atomic mass is 32.2. The Morgan fingerprint density at radius 1 is 1.30 bits per heavy atom. The number of nitrogens with one attached hydrogen (secondary N) is 1. The predicted octanol–water partition coefficient (Wildman–Crippen LogP) is -1.58. The standard InChI is InChI=1S/C19H37N5O5S/c1-5-6-10-7-11(24(3)8-10)17(28)23-12(9(2)22-19(20)21)16-14(26)13(25)15(27)18(29-16)30-4/h9-16,18,25-27H,5-8H2,1-4H3,(H,23,28)(H4,20,21,22)/t9-,10+,11-,12+,13?,14?,15+,16+,18?/m0/s1. The number of amides is 1. The average Bonchev–Trinajstić information content (AvgIpc) is 3.05. The van der Waals surface area contributed by atoms with Crippen molar-refractivity contribution in [2.75, 3.05) is 19.8 Å². The molecule has 0 aromatic carbocycles. The van der Waals surface area contributed by atoms with Gasteiger partial charge in [-0.15, -0.1) is 11.8 Å². The minimum Gasteiger partial charge on any atom is -0.388 e. The molecule has 2 fully saturated rings. The van der Waals surface area contributed by atoms with Crippen molar-refractivity contribution in [1.82, 2.24) is 10.2 Å². The van der Waals surface area contributed by atoms with E-state index in [9.17, 15) is 20.1 Å². The lowest BCUT2D eigenvalue weighted by Crippen LogP contribution is -2.65. The fraction of sp³-hybridized carbons (Fsp3) is 0.895. The molecule has 0 aromatic rings. The molecule has 11 heteroatoms. The number of hydrogen-bond donors (Lipinski definition) is 6. The highest BCUT2D eigenvalue weighted by Gasteiger charge is 2.48. The summed E-state index contributed by atoms with van der Waals surface area (Å²) in [5.41, 5.74) is 10.3. The Balaban J connectivity index is 2.23. The second-order valence-electron chi connectivity index (χ2n) is 8.35. The van der Waals surface area contributed by atoms with Crippen LogP contribution < -0.4 is 16.8 Å². The molecule has 174 valence electrons. The van der Waals surface area contributed by atoms with Crippen LogP contribution in [0.3, 0.4) is 0 Å². The van der Waals surface area contributed by atoms with Gasteiger partial charge in [0.2, 0.25) is 5.91 Å². The lowest BCUT2D eigenvalue weighted by atomic mass is 9.91. The third-order valence-corrected chi connectivity index (χ3v) is 6.86. The fourth-order valence-corrected chi connectivity index (χ4v) is 5.13. The van der Waals surface area contributed by atoms with Gasteiger partial charge in [-0.05, 0) is 39.0 Å². The Kier molecular flexibility index (Phi) is 9.19. The zero-order chi connectivity index (χ0) is 22.6. The first-order chi connectivity index (χ1) is 14.1. The summed E-state index contributed by atoms with van der Waals surface area (Å²) in [6.45, 7) is 4.68. The number of aliphatic hydroxyl groups is 3. The van der Waals surface area contributed by atoms with Gasteiger partial charge in [0.05, 0.1) is 18.1 Å². The number of hydrogen-bond acceptors (Lipinski definition) is 8. The summed E-state index contributed by atoms with van der Waals surface area (Å²) >= 11 is 1.21. The minimum atomic E-state index is -1.42. The van der Waals surface area contributed by atoms with Gasteiger partial charge in [0.1, 0.15) is 29.9 Å². The van der Waals surface area contributed by atoms with Crippen molar-refractivity contribution in [3.05, 3.63) is 0 Å². The van der Waals surface area contributed by atoms with E-state index >= 15 is 0 Å². The first kappa shape index (κ1) is 25.2. The topological polar surface area (TPSA) is 167 Å². The van der Waals surface area contributed by atoms with Crippen molar-refractivity contribution in [3.8, 4) is 0 Å². The Morgan fingerprint density at radius 2 is 1.97 bits per heavy atom. The molecule has 2 aliphatic rings. The molecule has 8 N–H and O–H groups in total.